The third-order valence-electron chi connectivity index (χ3n) is 1.91. The van der Waals surface area contributed by atoms with Gasteiger partial charge in [-0.25, -0.2) is 4.98 Å². The summed E-state index contributed by atoms with van der Waals surface area (Å²) in [5.41, 5.74) is 0. The highest BCUT2D eigenvalue weighted by Crippen LogP contribution is 1.96. The zero-order chi connectivity index (χ0) is 12.0. The van der Waals surface area contributed by atoms with Gasteiger partial charge in [-0.15, -0.1) is 5.10 Å². The highest BCUT2D eigenvalue weighted by molar-refractivity contribution is 5.93. The van der Waals surface area contributed by atoms with Crippen molar-refractivity contribution >= 4 is 11.8 Å². The molecule has 0 radical (unpaired) electrons. The first-order chi connectivity index (χ1) is 7.67. The molecule has 0 aliphatic rings. The molecule has 3 N–H and O–H groups in total. The quantitative estimate of drug-likeness (QED) is 0.612. The Morgan fingerprint density at radius 2 is 2.19 bits per heavy atom. The number of hydrogen-bond acceptors (Lipinski definition) is 4. The lowest BCUT2D eigenvalue weighted by Crippen LogP contribution is -2.35. The van der Waals surface area contributed by atoms with Crippen LogP contribution in [-0.2, 0) is 11.2 Å². The molecule has 0 aliphatic carbocycles. The Hall–Kier alpha value is -1.92. The van der Waals surface area contributed by atoms with Crippen molar-refractivity contribution in [2.75, 3.05) is 13.6 Å². The number of aromatic amines is 1. The predicted molar refractivity (Wildman–Crippen MR) is 56.8 cm³/mol. The van der Waals surface area contributed by atoms with E-state index in [0.717, 1.165) is 12.8 Å². The minimum absolute atomic E-state index is 0.0624. The Morgan fingerprint density at radius 3 is 2.81 bits per heavy atom. The Morgan fingerprint density at radius 1 is 1.44 bits per heavy atom. The van der Waals surface area contributed by atoms with Gasteiger partial charge >= 0.3 is 0 Å². The van der Waals surface area contributed by atoms with E-state index in [1.54, 1.807) is 0 Å². The van der Waals surface area contributed by atoms with Crippen molar-refractivity contribution in [2.24, 2.45) is 0 Å². The minimum Gasteiger partial charge on any atom is -0.358 e. The van der Waals surface area contributed by atoms with E-state index in [0.29, 0.717) is 5.82 Å². The van der Waals surface area contributed by atoms with E-state index in [1.165, 1.54) is 7.05 Å². The summed E-state index contributed by atoms with van der Waals surface area (Å²) in [6.07, 6.45) is 1.67. The number of carbonyl (C=O) groups is 2. The first-order valence-corrected chi connectivity index (χ1v) is 5.07. The molecule has 0 unspecified atom stereocenters. The summed E-state index contributed by atoms with van der Waals surface area (Å²) in [4.78, 5) is 26.3. The van der Waals surface area contributed by atoms with Gasteiger partial charge in [0.05, 0.1) is 6.54 Å². The molecular weight excluding hydrogens is 210 g/mol. The number of hydrogen-bond donors (Lipinski definition) is 3. The first-order valence-electron chi connectivity index (χ1n) is 5.07. The maximum Gasteiger partial charge on any atom is 0.291 e. The van der Waals surface area contributed by atoms with Crippen LogP contribution in [0, 0.1) is 0 Å². The molecule has 1 rings (SSSR count). The molecule has 7 heteroatoms. The molecular formula is C9H15N5O2. The molecule has 0 spiro atoms. The molecule has 1 heterocycles. The van der Waals surface area contributed by atoms with Crippen LogP contribution in [0.1, 0.15) is 29.8 Å². The fourth-order valence-electron chi connectivity index (χ4n) is 1.07. The molecule has 0 fully saturated rings. The van der Waals surface area contributed by atoms with E-state index in [1.807, 2.05) is 6.92 Å². The lowest BCUT2D eigenvalue weighted by molar-refractivity contribution is -0.119. The summed E-state index contributed by atoms with van der Waals surface area (Å²) in [6, 6.07) is 0. The first kappa shape index (κ1) is 12.2. The van der Waals surface area contributed by atoms with Crippen LogP contribution in [0.15, 0.2) is 0 Å². The van der Waals surface area contributed by atoms with Gasteiger partial charge in [-0.2, -0.15) is 0 Å². The number of carbonyl (C=O) groups excluding carboxylic acids is 2. The van der Waals surface area contributed by atoms with Crippen molar-refractivity contribution in [3.8, 4) is 0 Å². The fraction of sp³-hybridized carbons (Fsp3) is 0.556. The summed E-state index contributed by atoms with van der Waals surface area (Å²) in [5, 5.41) is 11.2. The third kappa shape index (κ3) is 3.34. The number of rotatable bonds is 5. The molecule has 0 saturated heterocycles. The number of nitrogens with zero attached hydrogens (tertiary/aromatic N) is 2. The van der Waals surface area contributed by atoms with Crippen LogP contribution >= 0.6 is 0 Å². The van der Waals surface area contributed by atoms with Crippen LogP contribution in [-0.4, -0.2) is 40.6 Å². The van der Waals surface area contributed by atoms with Crippen LogP contribution in [0.2, 0.25) is 0 Å². The van der Waals surface area contributed by atoms with Crippen molar-refractivity contribution in [3.05, 3.63) is 11.6 Å². The van der Waals surface area contributed by atoms with Crippen molar-refractivity contribution in [1.29, 1.82) is 0 Å². The van der Waals surface area contributed by atoms with E-state index < -0.39 is 5.91 Å². The van der Waals surface area contributed by atoms with Gasteiger partial charge in [0.1, 0.15) is 5.82 Å². The topological polar surface area (TPSA) is 99.8 Å². The summed E-state index contributed by atoms with van der Waals surface area (Å²) < 4.78 is 0. The van der Waals surface area contributed by atoms with E-state index >= 15 is 0 Å². The fourth-order valence-corrected chi connectivity index (χ4v) is 1.07. The van der Waals surface area contributed by atoms with Gasteiger partial charge in [-0.3, -0.25) is 14.7 Å². The summed E-state index contributed by atoms with van der Waals surface area (Å²) >= 11 is 0. The number of nitrogens with one attached hydrogen (secondary N) is 3. The Kier molecular flexibility index (Phi) is 4.43. The van der Waals surface area contributed by atoms with Crippen LogP contribution < -0.4 is 10.6 Å². The molecule has 7 nitrogen and oxygen atoms in total. The van der Waals surface area contributed by atoms with E-state index in [4.69, 9.17) is 0 Å². The van der Waals surface area contributed by atoms with Gasteiger partial charge in [-0.1, -0.05) is 6.92 Å². The molecule has 0 bridgehead atoms. The largest absolute Gasteiger partial charge is 0.358 e. The number of aryl methyl sites for hydroxylation is 1. The predicted octanol–water partition coefficient (Wildman–Crippen LogP) is -0.767. The second kappa shape index (κ2) is 5.84. The number of amides is 2. The highest BCUT2D eigenvalue weighted by atomic mass is 16.2. The standard InChI is InChI=1S/C9H15N5O2/c1-3-4-6-12-8(14-13-6)9(16)11-5-7(15)10-2/h3-5H2,1-2H3,(H,10,15)(H,11,16)(H,12,13,14). The molecule has 0 atom stereocenters. The minimum atomic E-state index is -0.456. The molecule has 16 heavy (non-hydrogen) atoms. The van der Waals surface area contributed by atoms with Crippen molar-refractivity contribution in [2.45, 2.75) is 19.8 Å². The molecule has 0 saturated carbocycles. The van der Waals surface area contributed by atoms with Gasteiger partial charge in [-0.05, 0) is 6.42 Å². The van der Waals surface area contributed by atoms with E-state index in [2.05, 4.69) is 25.8 Å². The summed E-state index contributed by atoms with van der Waals surface area (Å²) in [6.45, 7) is 1.93. The second-order valence-electron chi connectivity index (χ2n) is 3.21. The zero-order valence-corrected chi connectivity index (χ0v) is 9.33. The third-order valence-corrected chi connectivity index (χ3v) is 1.91. The molecule has 1 aromatic rings. The molecule has 2 amide bonds. The van der Waals surface area contributed by atoms with Gasteiger partial charge in [0, 0.05) is 13.5 Å². The zero-order valence-electron chi connectivity index (χ0n) is 9.33. The van der Waals surface area contributed by atoms with Gasteiger partial charge in [0.15, 0.2) is 0 Å². The van der Waals surface area contributed by atoms with Crippen molar-refractivity contribution in [3.63, 3.8) is 0 Å². The highest BCUT2D eigenvalue weighted by Gasteiger charge is 2.12. The van der Waals surface area contributed by atoms with E-state index in [9.17, 15) is 9.59 Å². The molecule has 0 aromatic carbocycles. The lowest BCUT2D eigenvalue weighted by Gasteiger charge is -2.00. The van der Waals surface area contributed by atoms with Crippen LogP contribution in [0.3, 0.4) is 0 Å². The normalized spacial score (nSPS) is 9.88. The van der Waals surface area contributed by atoms with Gasteiger partial charge < -0.3 is 10.6 Å². The maximum atomic E-state index is 11.4. The Bertz CT molecular complexity index is 374. The van der Waals surface area contributed by atoms with Crippen LogP contribution in [0.25, 0.3) is 0 Å². The van der Waals surface area contributed by atoms with Gasteiger partial charge in [0.2, 0.25) is 11.7 Å². The Labute approximate surface area is 93.0 Å². The smallest absolute Gasteiger partial charge is 0.291 e. The molecule has 0 aliphatic heterocycles. The average Bonchev–Trinajstić information content (AvgIpc) is 2.74. The SMILES string of the molecule is CCCc1nc(C(=O)NCC(=O)NC)n[nH]1. The number of likely N-dealkylation sites (N-methyl/N-ethyl adjacent to an activating group) is 1. The number of aromatic nitrogens is 3. The van der Waals surface area contributed by atoms with Crippen molar-refractivity contribution in [1.82, 2.24) is 25.8 Å². The molecule has 88 valence electrons. The van der Waals surface area contributed by atoms with Crippen LogP contribution in [0.5, 0.6) is 0 Å². The number of H-pyrrole nitrogens is 1. The molecule has 1 aromatic heterocycles. The average molecular weight is 225 g/mol. The van der Waals surface area contributed by atoms with Crippen molar-refractivity contribution < 1.29 is 9.59 Å². The monoisotopic (exact) mass is 225 g/mol. The summed E-state index contributed by atoms with van der Waals surface area (Å²) in [5.74, 6) is 0.0137. The lowest BCUT2D eigenvalue weighted by atomic mass is 10.3. The second-order valence-corrected chi connectivity index (χ2v) is 3.21. The summed E-state index contributed by atoms with van der Waals surface area (Å²) in [7, 11) is 1.50. The Balaban J connectivity index is 2.49. The van der Waals surface area contributed by atoms with E-state index in [-0.39, 0.29) is 18.3 Å². The van der Waals surface area contributed by atoms with Crippen LogP contribution in [0.4, 0.5) is 0 Å². The maximum absolute atomic E-state index is 11.4. The van der Waals surface area contributed by atoms with Gasteiger partial charge in [0.25, 0.3) is 5.91 Å².